The lowest BCUT2D eigenvalue weighted by molar-refractivity contribution is 0.567. The van der Waals surface area contributed by atoms with Gasteiger partial charge in [0.25, 0.3) is 15.2 Å². The third kappa shape index (κ3) is 1.95. The van der Waals surface area contributed by atoms with E-state index < -0.39 is 10.0 Å². The van der Waals surface area contributed by atoms with E-state index in [0.717, 1.165) is 12.8 Å². The fraction of sp³-hybridized carbons (Fsp3) is 0.333. The summed E-state index contributed by atoms with van der Waals surface area (Å²) in [5.74, 6) is 0.474. The second kappa shape index (κ2) is 4.02. The first-order valence-electron chi connectivity index (χ1n) is 5.19. The second-order valence-electron chi connectivity index (χ2n) is 4.05. The molecule has 6 nitrogen and oxygen atoms in total. The number of thiophene rings is 1. The smallest absolute Gasteiger partial charge is 0.273 e. The molecule has 1 fully saturated rings. The monoisotopic (exact) mass is 304 g/mol. The Morgan fingerprint density at radius 1 is 1.44 bits per heavy atom. The van der Waals surface area contributed by atoms with E-state index in [1.165, 1.54) is 11.3 Å². The summed E-state index contributed by atoms with van der Waals surface area (Å²) in [4.78, 5) is 0.714. The highest BCUT2D eigenvalue weighted by atomic mass is 35.5. The Morgan fingerprint density at radius 3 is 2.67 bits per heavy atom. The lowest BCUT2D eigenvalue weighted by Crippen LogP contribution is -2.18. The highest BCUT2D eigenvalue weighted by Crippen LogP contribution is 2.42. The number of hydrogen-bond donors (Lipinski definition) is 1. The van der Waals surface area contributed by atoms with Crippen LogP contribution in [0.25, 0.3) is 10.7 Å². The molecule has 0 bridgehead atoms. The van der Waals surface area contributed by atoms with Gasteiger partial charge in [-0.2, -0.15) is 0 Å². The molecular weight excluding hydrogens is 296 g/mol. The number of sulfonamides is 1. The van der Waals surface area contributed by atoms with Crippen LogP contribution in [0.5, 0.6) is 0 Å². The Balaban J connectivity index is 2.23. The molecule has 2 heterocycles. The van der Waals surface area contributed by atoms with Gasteiger partial charge in [0.05, 0.1) is 9.90 Å². The number of hydrogen-bond acceptors (Lipinski definition) is 5. The Kier molecular flexibility index (Phi) is 2.70. The van der Waals surface area contributed by atoms with Crippen molar-refractivity contribution in [2.45, 2.75) is 24.0 Å². The van der Waals surface area contributed by atoms with Crippen LogP contribution in [0.4, 0.5) is 0 Å². The number of nitrogens with zero attached hydrogens (tertiary/aromatic N) is 3. The van der Waals surface area contributed by atoms with Gasteiger partial charge in [0.15, 0.2) is 5.82 Å². The van der Waals surface area contributed by atoms with Gasteiger partial charge in [0.1, 0.15) is 0 Å². The van der Waals surface area contributed by atoms with Gasteiger partial charge >= 0.3 is 0 Å². The van der Waals surface area contributed by atoms with Gasteiger partial charge in [-0.3, -0.25) is 4.57 Å². The molecule has 0 saturated heterocycles. The molecule has 9 heteroatoms. The van der Waals surface area contributed by atoms with E-state index in [-0.39, 0.29) is 11.2 Å². The Bertz CT molecular complexity index is 702. The van der Waals surface area contributed by atoms with Crippen molar-refractivity contribution in [3.05, 3.63) is 16.5 Å². The third-order valence-electron chi connectivity index (χ3n) is 2.65. The molecule has 0 unspecified atom stereocenters. The predicted octanol–water partition coefficient (Wildman–Crippen LogP) is 1.64. The molecule has 0 amide bonds. The quantitative estimate of drug-likeness (QED) is 0.933. The van der Waals surface area contributed by atoms with Gasteiger partial charge < -0.3 is 0 Å². The zero-order chi connectivity index (χ0) is 12.9. The van der Waals surface area contributed by atoms with Gasteiger partial charge in [0, 0.05) is 6.04 Å². The number of nitrogens with two attached hydrogens (primary N) is 1. The summed E-state index contributed by atoms with van der Waals surface area (Å²) >= 11 is 7.44. The molecule has 1 aliphatic rings. The SMILES string of the molecule is NS(=O)(=O)c1nnc(-c2sccc2Cl)n1C1CC1. The fourth-order valence-corrected chi connectivity index (χ4v) is 3.53. The average molecular weight is 305 g/mol. The maximum atomic E-state index is 11.5. The van der Waals surface area contributed by atoms with Gasteiger partial charge in [-0.25, -0.2) is 13.6 Å². The largest absolute Gasteiger partial charge is 0.293 e. The predicted molar refractivity (Wildman–Crippen MR) is 68.0 cm³/mol. The minimum atomic E-state index is -3.87. The van der Waals surface area contributed by atoms with Crippen molar-refractivity contribution in [2.75, 3.05) is 0 Å². The summed E-state index contributed by atoms with van der Waals surface area (Å²) in [6.07, 6.45) is 1.80. The van der Waals surface area contributed by atoms with Crippen LogP contribution in [-0.4, -0.2) is 23.2 Å². The van der Waals surface area contributed by atoms with Crippen molar-refractivity contribution < 1.29 is 8.42 Å². The van der Waals surface area contributed by atoms with Crippen LogP contribution in [0.1, 0.15) is 18.9 Å². The van der Waals surface area contributed by atoms with E-state index in [1.54, 1.807) is 10.6 Å². The lowest BCUT2D eigenvalue weighted by Gasteiger charge is -2.06. The Labute approximate surface area is 112 Å². The van der Waals surface area contributed by atoms with Crippen LogP contribution in [0, 0.1) is 0 Å². The minimum Gasteiger partial charge on any atom is -0.293 e. The van der Waals surface area contributed by atoms with E-state index in [9.17, 15) is 8.42 Å². The molecular formula is C9H9ClN4O2S2. The molecule has 2 aromatic heterocycles. The van der Waals surface area contributed by atoms with Gasteiger partial charge in [0.2, 0.25) is 0 Å². The zero-order valence-electron chi connectivity index (χ0n) is 9.08. The number of primary sulfonamides is 1. The molecule has 3 rings (SSSR count). The van der Waals surface area contributed by atoms with E-state index in [4.69, 9.17) is 16.7 Å². The molecule has 0 aliphatic heterocycles. The zero-order valence-corrected chi connectivity index (χ0v) is 11.5. The van der Waals surface area contributed by atoms with Crippen LogP contribution >= 0.6 is 22.9 Å². The van der Waals surface area contributed by atoms with Crippen LogP contribution in [0.3, 0.4) is 0 Å². The summed E-state index contributed by atoms with van der Waals surface area (Å²) in [5.41, 5.74) is 0. The van der Waals surface area contributed by atoms with Crippen LogP contribution in [0.15, 0.2) is 16.6 Å². The molecule has 2 N–H and O–H groups in total. The second-order valence-corrected chi connectivity index (χ2v) is 6.83. The van der Waals surface area contributed by atoms with Crippen molar-refractivity contribution in [2.24, 2.45) is 5.14 Å². The van der Waals surface area contributed by atoms with Gasteiger partial charge in [-0.05, 0) is 24.3 Å². The summed E-state index contributed by atoms with van der Waals surface area (Å²) in [6.45, 7) is 0. The number of rotatable bonds is 3. The summed E-state index contributed by atoms with van der Waals surface area (Å²) in [7, 11) is -3.87. The molecule has 0 atom stereocenters. The van der Waals surface area contributed by atoms with Crippen molar-refractivity contribution in [1.82, 2.24) is 14.8 Å². The first kappa shape index (κ1) is 12.1. The molecule has 1 aliphatic carbocycles. The summed E-state index contributed by atoms with van der Waals surface area (Å²) in [5, 5.41) is 14.9. The molecule has 0 spiro atoms. The average Bonchev–Trinajstić information content (AvgIpc) is 2.86. The number of aromatic nitrogens is 3. The van der Waals surface area contributed by atoms with Gasteiger partial charge in [-0.15, -0.1) is 21.5 Å². The van der Waals surface area contributed by atoms with Crippen molar-refractivity contribution in [3.8, 4) is 10.7 Å². The molecule has 96 valence electrons. The van der Waals surface area contributed by atoms with E-state index >= 15 is 0 Å². The van der Waals surface area contributed by atoms with E-state index in [0.29, 0.717) is 15.7 Å². The van der Waals surface area contributed by atoms with Crippen LogP contribution in [-0.2, 0) is 10.0 Å². The summed E-state index contributed by atoms with van der Waals surface area (Å²) < 4.78 is 24.5. The maximum absolute atomic E-state index is 11.5. The van der Waals surface area contributed by atoms with Crippen molar-refractivity contribution in [3.63, 3.8) is 0 Å². The topological polar surface area (TPSA) is 90.9 Å². The number of halogens is 1. The normalized spacial score (nSPS) is 16.1. The molecule has 0 radical (unpaired) electrons. The van der Waals surface area contributed by atoms with Crippen molar-refractivity contribution >= 4 is 33.0 Å². The Hall–Kier alpha value is -0.960. The van der Waals surface area contributed by atoms with Crippen LogP contribution in [0.2, 0.25) is 5.02 Å². The third-order valence-corrected chi connectivity index (χ3v) is 4.78. The first-order chi connectivity index (χ1) is 8.48. The van der Waals surface area contributed by atoms with Crippen molar-refractivity contribution in [1.29, 1.82) is 0 Å². The maximum Gasteiger partial charge on any atom is 0.273 e. The minimum absolute atomic E-state index is 0.0986. The van der Waals surface area contributed by atoms with E-state index in [2.05, 4.69) is 10.2 Å². The highest BCUT2D eigenvalue weighted by molar-refractivity contribution is 7.89. The summed E-state index contributed by atoms with van der Waals surface area (Å²) in [6, 6.07) is 1.84. The first-order valence-corrected chi connectivity index (χ1v) is 8.00. The Morgan fingerprint density at radius 2 is 2.17 bits per heavy atom. The van der Waals surface area contributed by atoms with Gasteiger partial charge in [-0.1, -0.05) is 11.6 Å². The van der Waals surface area contributed by atoms with E-state index in [1.807, 2.05) is 5.38 Å². The molecule has 18 heavy (non-hydrogen) atoms. The molecule has 0 aromatic carbocycles. The van der Waals surface area contributed by atoms with Crippen LogP contribution < -0.4 is 5.14 Å². The highest BCUT2D eigenvalue weighted by Gasteiger charge is 2.34. The lowest BCUT2D eigenvalue weighted by atomic mass is 10.4. The fourth-order valence-electron chi connectivity index (χ4n) is 1.74. The molecule has 1 saturated carbocycles. The molecule has 2 aromatic rings. The standard InChI is InChI=1S/C9H9ClN4O2S2/c10-6-3-4-17-7(6)8-12-13-9(18(11,15)16)14(8)5-1-2-5/h3-5H,1-2H2,(H2,11,15,16).